The molecule has 0 spiro atoms. The number of nitrogens with zero attached hydrogens (tertiary/aromatic N) is 3. The first kappa shape index (κ1) is 42.1. The van der Waals surface area contributed by atoms with E-state index in [9.17, 15) is 0 Å². The van der Waals surface area contributed by atoms with Crippen LogP contribution in [-0.4, -0.2) is 64.9 Å². The first-order valence-corrected chi connectivity index (χ1v) is 18.0. The van der Waals surface area contributed by atoms with E-state index in [4.69, 9.17) is 57.3 Å². The van der Waals surface area contributed by atoms with Crippen molar-refractivity contribution in [1.82, 2.24) is 15.0 Å². The highest BCUT2D eigenvalue weighted by Crippen LogP contribution is 2.50. The lowest BCUT2D eigenvalue weighted by Crippen LogP contribution is -2.39. The zero-order valence-corrected chi connectivity index (χ0v) is 34.6. The third kappa shape index (κ3) is 8.50. The van der Waals surface area contributed by atoms with Gasteiger partial charge in [-0.1, -0.05) is 83.1 Å². The van der Waals surface area contributed by atoms with Gasteiger partial charge in [0.15, 0.2) is 34.5 Å². The second kappa shape index (κ2) is 18.0. The summed E-state index contributed by atoms with van der Waals surface area (Å²) >= 11 is 0. The minimum absolute atomic E-state index is 0.0379. The first-order chi connectivity index (χ1) is 24.5. The van der Waals surface area contributed by atoms with E-state index in [2.05, 4.69) is 0 Å². The molecule has 0 aliphatic rings. The maximum Gasteiger partial charge on any atom is 0.864 e. The average Bonchev–Trinajstić information content (AvgIpc) is 3.08. The van der Waals surface area contributed by atoms with E-state index >= 15 is 0 Å². The summed E-state index contributed by atoms with van der Waals surface area (Å²) in [7, 11) is 8.07. The molecule has 288 valence electrons. The molecule has 0 atom stereocenters. The predicted octanol–water partition coefficient (Wildman–Crippen LogP) is 9.19. The molecule has 13 heteroatoms. The Hall–Kier alpha value is -4.29. The molecule has 0 bridgehead atoms. The van der Waals surface area contributed by atoms with Crippen molar-refractivity contribution in [3.05, 3.63) is 33.8 Å². The zero-order valence-electron chi connectivity index (χ0n) is 34.6. The molecule has 0 aromatic carbocycles. The fourth-order valence-corrected chi connectivity index (χ4v) is 6.14. The molecule has 52 heavy (non-hydrogen) atoms. The number of hydrogen-bond acceptors (Lipinski definition) is 12. The van der Waals surface area contributed by atoms with Crippen LogP contribution in [0.3, 0.4) is 0 Å². The molecule has 12 nitrogen and oxygen atoms in total. The van der Waals surface area contributed by atoms with Gasteiger partial charge in [0, 0.05) is 0 Å². The monoisotopic (exact) mass is 725 g/mol. The first-order valence-electron chi connectivity index (χ1n) is 18.0. The van der Waals surface area contributed by atoms with Crippen LogP contribution >= 0.6 is 0 Å². The van der Waals surface area contributed by atoms with Gasteiger partial charge < -0.3 is 42.4 Å². The summed E-state index contributed by atoms with van der Waals surface area (Å²) in [6.07, 6.45) is 0. The van der Waals surface area contributed by atoms with Gasteiger partial charge in [-0.2, -0.15) is 0 Å². The largest absolute Gasteiger partial charge is 0.864 e. The van der Waals surface area contributed by atoms with Gasteiger partial charge in [0.05, 0.1) is 76.4 Å². The van der Waals surface area contributed by atoms with Crippen LogP contribution in [0, 0.1) is 0 Å². The molecule has 3 heterocycles. The normalized spacial score (nSPS) is 11.5. The van der Waals surface area contributed by atoms with Crippen molar-refractivity contribution >= 4 is 7.32 Å². The average molecular weight is 726 g/mol. The summed E-state index contributed by atoms with van der Waals surface area (Å²) in [6, 6.07) is 0. The van der Waals surface area contributed by atoms with Crippen LogP contribution in [0.4, 0.5) is 0 Å². The molecule has 0 unspecified atom stereocenters. The topological polar surface area (TPSA) is 122 Å². The maximum absolute atomic E-state index is 6.96. The number of rotatable bonds is 18. The predicted molar refractivity (Wildman–Crippen MR) is 204 cm³/mol. The van der Waals surface area contributed by atoms with Crippen molar-refractivity contribution < 1.29 is 42.4 Å². The number of ether oxygens (including phenoxy) is 6. The third-order valence-electron chi connectivity index (χ3n) is 8.62. The number of methoxy groups -OCH3 is 6. The fraction of sp³-hybridized carbons (Fsp3) is 0.615. The highest BCUT2D eigenvalue weighted by Gasteiger charge is 2.41. The highest BCUT2D eigenvalue weighted by molar-refractivity contribution is 6.40. The van der Waals surface area contributed by atoms with Gasteiger partial charge in [-0.05, 0) is 35.5 Å². The van der Waals surface area contributed by atoms with Gasteiger partial charge >= 0.3 is 7.32 Å². The quantitative estimate of drug-likeness (QED) is 0.116. The number of pyridine rings is 3. The summed E-state index contributed by atoms with van der Waals surface area (Å²) in [4.78, 5) is 14.6. The van der Waals surface area contributed by atoms with E-state index in [0.29, 0.717) is 85.9 Å². The number of aromatic nitrogens is 3. The lowest BCUT2D eigenvalue weighted by molar-refractivity contribution is 0.267. The summed E-state index contributed by atoms with van der Waals surface area (Å²) in [5.74, 6) is 3.23. The van der Waals surface area contributed by atoms with Crippen LogP contribution in [0.15, 0.2) is 0 Å². The molecule has 0 amide bonds. The van der Waals surface area contributed by atoms with Crippen LogP contribution in [0.1, 0.15) is 152 Å². The second-order valence-electron chi connectivity index (χ2n) is 14.4. The molecule has 0 aliphatic carbocycles. The van der Waals surface area contributed by atoms with Crippen LogP contribution in [-0.2, 0) is 0 Å². The summed E-state index contributed by atoms with van der Waals surface area (Å²) < 4.78 is 56.6. The smallest absolute Gasteiger partial charge is 0.491 e. The van der Waals surface area contributed by atoms with E-state index in [1.165, 1.54) is 0 Å². The Labute approximate surface area is 311 Å². The van der Waals surface area contributed by atoms with Crippen molar-refractivity contribution in [3.63, 3.8) is 0 Å². The summed E-state index contributed by atoms with van der Waals surface area (Å²) in [5, 5.41) is 0. The summed E-state index contributed by atoms with van der Waals surface area (Å²) in [5.41, 5.74) is 3.99. The van der Waals surface area contributed by atoms with Gasteiger partial charge in [0.25, 0.3) is 0 Å². The van der Waals surface area contributed by atoms with Gasteiger partial charge in [-0.25, -0.2) is 15.0 Å². The van der Waals surface area contributed by atoms with Gasteiger partial charge in [0.2, 0.25) is 17.6 Å². The van der Waals surface area contributed by atoms with Crippen LogP contribution in [0.5, 0.6) is 52.1 Å². The molecule has 0 radical (unpaired) electrons. The van der Waals surface area contributed by atoms with E-state index in [-0.39, 0.29) is 35.5 Å². The Kier molecular flexibility index (Phi) is 14.6. The van der Waals surface area contributed by atoms with E-state index in [0.717, 1.165) is 0 Å². The Bertz CT molecular complexity index is 1480. The Morgan fingerprint density at radius 1 is 0.327 bits per heavy atom. The van der Waals surface area contributed by atoms with Gasteiger partial charge in [-0.3, -0.25) is 0 Å². The SMILES string of the molecule is COc1nc(C(C)C)c(OC)c(OB(Oc2c(OC)c(C(C)C)nc(OC)c2C(C)C)Oc2c(OC)c(C(C)C)nc(OC)c2C(C)C)c1C(C)C. The summed E-state index contributed by atoms with van der Waals surface area (Å²) in [6.45, 7) is 24.4. The van der Waals surface area contributed by atoms with Crippen molar-refractivity contribution in [2.45, 2.75) is 119 Å². The molecular formula is C39H60BN3O9. The highest BCUT2D eigenvalue weighted by atomic mass is 16.7. The molecule has 0 saturated heterocycles. The third-order valence-corrected chi connectivity index (χ3v) is 8.62. The molecular weight excluding hydrogens is 665 g/mol. The van der Waals surface area contributed by atoms with Crippen LogP contribution in [0.2, 0.25) is 0 Å². The van der Waals surface area contributed by atoms with Crippen molar-refractivity contribution in [3.8, 4) is 52.1 Å². The van der Waals surface area contributed by atoms with Crippen molar-refractivity contribution in [2.24, 2.45) is 0 Å². The maximum atomic E-state index is 6.96. The van der Waals surface area contributed by atoms with E-state index < -0.39 is 7.32 Å². The van der Waals surface area contributed by atoms with Crippen LogP contribution < -0.4 is 42.4 Å². The van der Waals surface area contributed by atoms with Gasteiger partial charge in [-0.15, -0.1) is 0 Å². The van der Waals surface area contributed by atoms with Crippen molar-refractivity contribution in [1.29, 1.82) is 0 Å². The molecule has 0 saturated carbocycles. The molecule has 3 aromatic rings. The van der Waals surface area contributed by atoms with E-state index in [1.54, 1.807) is 42.7 Å². The van der Waals surface area contributed by atoms with Gasteiger partial charge in [0.1, 0.15) is 0 Å². The lowest BCUT2D eigenvalue weighted by Gasteiger charge is -2.28. The Morgan fingerprint density at radius 2 is 0.558 bits per heavy atom. The van der Waals surface area contributed by atoms with Crippen LogP contribution in [0.25, 0.3) is 0 Å². The molecule has 3 rings (SSSR count). The lowest BCUT2D eigenvalue weighted by atomic mass is 9.97. The second-order valence-corrected chi connectivity index (χ2v) is 14.4. The molecule has 3 aromatic heterocycles. The number of hydrogen-bond donors (Lipinski definition) is 0. The minimum Gasteiger partial charge on any atom is -0.491 e. The standard InChI is InChI=1S/C39H60BN3O9/c1-19(2)25-31(34(44-13)28(22(7)8)41-37(25)47-16)50-40(51-32-26(20(3)4)38(48-17)42-29(23(9)10)35(32)45-14)52-33-27(21(5)6)39(49-18)43-30(24(11)12)36(33)46-15/h19-24H,1-18H3. The molecule has 0 N–H and O–H groups in total. The Balaban J connectivity index is 2.56. The Morgan fingerprint density at radius 3 is 0.712 bits per heavy atom. The van der Waals surface area contributed by atoms with Crippen molar-refractivity contribution in [2.75, 3.05) is 42.7 Å². The molecule has 0 fully saturated rings. The minimum atomic E-state index is -1.48. The fourth-order valence-electron chi connectivity index (χ4n) is 6.14. The zero-order chi connectivity index (χ0) is 39.2. The molecule has 0 aliphatic heterocycles. The van der Waals surface area contributed by atoms with E-state index in [1.807, 2.05) is 83.1 Å².